The molecule has 1 aromatic rings. The molecule has 0 amide bonds. The second-order valence-corrected chi connectivity index (χ2v) is 12.4. The quantitative estimate of drug-likeness (QED) is 0.255. The fraction of sp³-hybridized carbons (Fsp3) is 0.786. The summed E-state index contributed by atoms with van der Waals surface area (Å²) in [6.07, 6.45) is 8.56. The van der Waals surface area contributed by atoms with E-state index in [2.05, 4.69) is 13.8 Å². The predicted molar refractivity (Wildman–Crippen MR) is 134 cm³/mol. The Balaban J connectivity index is 1.05. The summed E-state index contributed by atoms with van der Waals surface area (Å²) in [6, 6.07) is 6.52. The lowest BCUT2D eigenvalue weighted by atomic mass is 9.58. The van der Waals surface area contributed by atoms with Crippen LogP contribution < -0.4 is 0 Å². The molecule has 4 saturated heterocycles. The van der Waals surface area contributed by atoms with E-state index in [-0.39, 0.29) is 17.5 Å². The summed E-state index contributed by atoms with van der Waals surface area (Å²) in [6.45, 7) is 7.98. The van der Waals surface area contributed by atoms with E-state index in [0.717, 1.165) is 50.0 Å². The molecule has 1 saturated carbocycles. The van der Waals surface area contributed by atoms with Gasteiger partial charge in [0, 0.05) is 18.9 Å². The van der Waals surface area contributed by atoms with E-state index in [1.54, 1.807) is 12.1 Å². The number of rotatable bonds is 10. The van der Waals surface area contributed by atoms with Gasteiger partial charge in [-0.3, -0.25) is 0 Å². The van der Waals surface area contributed by atoms with E-state index in [4.69, 9.17) is 24.0 Å². The van der Waals surface area contributed by atoms with Crippen LogP contribution in [0.1, 0.15) is 77.7 Å². The van der Waals surface area contributed by atoms with Gasteiger partial charge in [-0.15, -0.1) is 11.8 Å². The molecule has 1 aliphatic carbocycles. The smallest absolute Gasteiger partial charge is 0.201 e. The molecule has 0 unspecified atom stereocenters. The summed E-state index contributed by atoms with van der Waals surface area (Å²) >= 11 is 1.94. The van der Waals surface area contributed by atoms with Gasteiger partial charge in [-0.1, -0.05) is 38.8 Å². The zero-order chi connectivity index (χ0) is 24.5. The minimum absolute atomic E-state index is 0.135. The fourth-order valence-electron chi connectivity index (χ4n) is 6.69. The van der Waals surface area contributed by atoms with Crippen molar-refractivity contribution in [2.24, 2.45) is 23.7 Å². The van der Waals surface area contributed by atoms with Gasteiger partial charge in [0.2, 0.25) is 5.79 Å². The Bertz CT molecular complexity index is 839. The maximum atomic E-state index is 13.0. The average molecular weight is 509 g/mol. The highest BCUT2D eigenvalue weighted by molar-refractivity contribution is 7.99. The summed E-state index contributed by atoms with van der Waals surface area (Å²) in [5.74, 6) is 2.01. The van der Waals surface area contributed by atoms with Crippen LogP contribution in [0.5, 0.6) is 0 Å². The Hall–Kier alpha value is -0.700. The monoisotopic (exact) mass is 508 g/mol. The van der Waals surface area contributed by atoms with E-state index in [9.17, 15) is 4.39 Å². The van der Waals surface area contributed by atoms with Crippen molar-refractivity contribution in [2.45, 2.75) is 102 Å². The molecule has 6 rings (SSSR count). The van der Waals surface area contributed by atoms with E-state index < -0.39 is 11.4 Å². The van der Waals surface area contributed by atoms with Crippen molar-refractivity contribution in [3.63, 3.8) is 0 Å². The highest BCUT2D eigenvalue weighted by Crippen LogP contribution is 2.61. The van der Waals surface area contributed by atoms with Crippen LogP contribution in [0.2, 0.25) is 0 Å². The van der Waals surface area contributed by atoms with E-state index >= 15 is 0 Å². The molecule has 7 heteroatoms. The SMILES string of the molecule is C[C@H]1[C@H](SCCCCCCOCc2ccc(F)cc2)O[C@@H]2O[C@@]3(C)CC[C@H]4[C@H](C)CC[C@@H]1[C@@]24OO3. The van der Waals surface area contributed by atoms with Crippen molar-refractivity contribution in [1.82, 2.24) is 0 Å². The van der Waals surface area contributed by atoms with Crippen LogP contribution in [0.3, 0.4) is 0 Å². The van der Waals surface area contributed by atoms with Gasteiger partial charge in [0.15, 0.2) is 11.9 Å². The highest BCUT2D eigenvalue weighted by Gasteiger charge is 2.69. The Kier molecular flexibility index (Phi) is 8.12. The Labute approximate surface area is 213 Å². The van der Waals surface area contributed by atoms with Gasteiger partial charge in [-0.25, -0.2) is 14.2 Å². The third-order valence-corrected chi connectivity index (χ3v) is 10.1. The highest BCUT2D eigenvalue weighted by atomic mass is 32.2. The molecule has 2 bridgehead atoms. The largest absolute Gasteiger partial charge is 0.377 e. The summed E-state index contributed by atoms with van der Waals surface area (Å²) < 4.78 is 31.8. The molecular formula is C28H41FO5S. The van der Waals surface area contributed by atoms with Gasteiger partial charge in [0.05, 0.1) is 6.61 Å². The second kappa shape index (κ2) is 11.0. The third-order valence-electron chi connectivity index (χ3n) is 8.74. The normalized spacial score (nSPS) is 40.3. The van der Waals surface area contributed by atoms with Gasteiger partial charge in [-0.05, 0) is 80.2 Å². The van der Waals surface area contributed by atoms with Crippen LogP contribution in [0.4, 0.5) is 4.39 Å². The molecule has 5 nitrogen and oxygen atoms in total. The molecule has 5 aliphatic rings. The number of thioether (sulfide) groups is 1. The van der Waals surface area contributed by atoms with Crippen LogP contribution in [0, 0.1) is 29.5 Å². The van der Waals surface area contributed by atoms with Crippen LogP contribution in [-0.2, 0) is 30.6 Å². The first-order chi connectivity index (χ1) is 16.9. The molecule has 0 N–H and O–H groups in total. The predicted octanol–water partition coefficient (Wildman–Crippen LogP) is 6.84. The van der Waals surface area contributed by atoms with Crippen molar-refractivity contribution >= 4 is 11.8 Å². The molecule has 0 aromatic heterocycles. The first kappa shape index (κ1) is 25.9. The number of unbranched alkanes of at least 4 members (excludes halogenated alkanes) is 3. The summed E-state index contributed by atoms with van der Waals surface area (Å²) in [5, 5.41) is 0. The van der Waals surface area contributed by atoms with Crippen molar-refractivity contribution in [3.8, 4) is 0 Å². The lowest BCUT2D eigenvalue weighted by molar-refractivity contribution is -0.568. The van der Waals surface area contributed by atoms with Crippen LogP contribution in [0.25, 0.3) is 0 Å². The Morgan fingerprint density at radius 3 is 2.63 bits per heavy atom. The lowest BCUT2D eigenvalue weighted by Gasteiger charge is -2.60. The number of benzene rings is 1. The molecule has 35 heavy (non-hydrogen) atoms. The van der Waals surface area contributed by atoms with E-state index in [1.165, 1.54) is 31.4 Å². The van der Waals surface area contributed by atoms with E-state index in [0.29, 0.717) is 30.3 Å². The summed E-state index contributed by atoms with van der Waals surface area (Å²) in [5.41, 5.74) is 0.690. The van der Waals surface area contributed by atoms with Crippen LogP contribution in [0.15, 0.2) is 24.3 Å². The third kappa shape index (κ3) is 5.32. The van der Waals surface area contributed by atoms with Gasteiger partial charge >= 0.3 is 0 Å². The van der Waals surface area contributed by atoms with Crippen LogP contribution in [-0.4, -0.2) is 35.5 Å². The maximum Gasteiger partial charge on any atom is 0.201 e. The minimum Gasteiger partial charge on any atom is -0.377 e. The lowest BCUT2D eigenvalue weighted by Crippen LogP contribution is -2.70. The number of halogens is 1. The molecule has 196 valence electrons. The number of hydrogen-bond donors (Lipinski definition) is 0. The number of ether oxygens (including phenoxy) is 3. The molecule has 8 atom stereocenters. The Morgan fingerprint density at radius 1 is 1.00 bits per heavy atom. The zero-order valence-corrected chi connectivity index (χ0v) is 22.2. The van der Waals surface area contributed by atoms with Crippen molar-refractivity contribution in [2.75, 3.05) is 12.4 Å². The standard InChI is InChI=1S/C28H41FO5S/c1-19-8-13-24-20(2)25(31-26-28(24)23(19)14-15-27(3,32-26)33-34-28)35-17-7-5-4-6-16-30-18-21-9-11-22(29)12-10-21/h9-12,19-20,23-26H,4-8,13-18H2,1-3H3/t19-,20-,23+,24+,25+,26-,27-,28-/m1/s1. The summed E-state index contributed by atoms with van der Waals surface area (Å²) in [7, 11) is 0. The van der Waals surface area contributed by atoms with Crippen molar-refractivity contribution in [3.05, 3.63) is 35.6 Å². The average Bonchev–Trinajstić information content (AvgIpc) is 3.08. The maximum absolute atomic E-state index is 13.0. The van der Waals surface area contributed by atoms with Crippen LogP contribution >= 0.6 is 11.8 Å². The molecule has 1 spiro atoms. The van der Waals surface area contributed by atoms with Crippen molar-refractivity contribution < 1.29 is 28.4 Å². The topological polar surface area (TPSA) is 46.2 Å². The molecule has 4 aliphatic heterocycles. The first-order valence-electron chi connectivity index (χ1n) is 13.6. The van der Waals surface area contributed by atoms with Gasteiger partial charge in [-0.2, -0.15) is 0 Å². The molecule has 1 aromatic carbocycles. The van der Waals surface area contributed by atoms with Gasteiger partial charge in [0.1, 0.15) is 11.3 Å². The van der Waals surface area contributed by atoms with E-state index in [1.807, 2.05) is 18.7 Å². The second-order valence-electron chi connectivity index (χ2n) is 11.2. The minimum atomic E-state index is -0.702. The molecular weight excluding hydrogens is 467 g/mol. The zero-order valence-electron chi connectivity index (χ0n) is 21.4. The first-order valence-corrected chi connectivity index (χ1v) is 14.6. The molecule has 0 radical (unpaired) electrons. The van der Waals surface area contributed by atoms with Crippen molar-refractivity contribution in [1.29, 1.82) is 0 Å². The van der Waals surface area contributed by atoms with Gasteiger partial charge in [0.25, 0.3) is 0 Å². The Morgan fingerprint density at radius 2 is 1.80 bits per heavy atom. The molecule has 5 fully saturated rings. The summed E-state index contributed by atoms with van der Waals surface area (Å²) in [4.78, 5) is 12.2. The van der Waals surface area contributed by atoms with Gasteiger partial charge < -0.3 is 14.2 Å². The number of hydrogen-bond acceptors (Lipinski definition) is 6. The molecule has 4 heterocycles. The fourth-order valence-corrected chi connectivity index (χ4v) is 7.97. The number of fused-ring (bicyclic) bond motifs is 2.